The van der Waals surface area contributed by atoms with Crippen molar-refractivity contribution in [1.82, 2.24) is 0 Å². The number of hydrogen-bond donors (Lipinski definition) is 0. The van der Waals surface area contributed by atoms with Crippen LogP contribution < -0.4 is 0 Å². The second-order valence-electron chi connectivity index (χ2n) is 4.00. The fourth-order valence-corrected chi connectivity index (χ4v) is 2.03. The second kappa shape index (κ2) is 6.44. The summed E-state index contributed by atoms with van der Waals surface area (Å²) < 4.78 is 0. The van der Waals surface area contributed by atoms with Crippen molar-refractivity contribution in [2.24, 2.45) is 0 Å². The van der Waals surface area contributed by atoms with Crippen LogP contribution in [-0.4, -0.2) is 0 Å². The lowest BCUT2D eigenvalue weighted by Crippen LogP contribution is -1.96. The van der Waals surface area contributed by atoms with Crippen LogP contribution in [0.3, 0.4) is 0 Å². The summed E-state index contributed by atoms with van der Waals surface area (Å²) in [5, 5.41) is 0. The zero-order valence-electron chi connectivity index (χ0n) is 10.1. The Morgan fingerprint density at radius 2 is 2.00 bits per heavy atom. The fourth-order valence-electron chi connectivity index (χ4n) is 2.03. The van der Waals surface area contributed by atoms with E-state index >= 15 is 0 Å². The largest absolute Gasteiger partial charge is 0.0985 e. The van der Waals surface area contributed by atoms with Crippen LogP contribution in [0, 0.1) is 0 Å². The maximum absolute atomic E-state index is 3.90. The summed E-state index contributed by atoms with van der Waals surface area (Å²) in [6.45, 7) is 8.37. The molecule has 0 aliphatic heterocycles. The van der Waals surface area contributed by atoms with Crippen molar-refractivity contribution in [2.45, 2.75) is 46.0 Å². The van der Waals surface area contributed by atoms with Crippen molar-refractivity contribution in [1.29, 1.82) is 0 Å². The van der Waals surface area contributed by atoms with E-state index in [1.165, 1.54) is 42.4 Å². The van der Waals surface area contributed by atoms with E-state index in [1.807, 2.05) is 6.08 Å². The Hall–Kier alpha value is -1.04. The van der Waals surface area contributed by atoms with E-state index in [2.05, 4.69) is 38.6 Å². The lowest BCUT2D eigenvalue weighted by atomic mass is 9.94. The van der Waals surface area contributed by atoms with Crippen LogP contribution in [-0.2, 0) is 12.8 Å². The summed E-state index contributed by atoms with van der Waals surface area (Å²) in [5.41, 5.74) is 4.33. The summed E-state index contributed by atoms with van der Waals surface area (Å²) in [7, 11) is 0. The Labute approximate surface area is 94.0 Å². The van der Waals surface area contributed by atoms with Crippen molar-refractivity contribution >= 4 is 6.08 Å². The van der Waals surface area contributed by atoms with Gasteiger partial charge >= 0.3 is 0 Å². The minimum atomic E-state index is 1.13. The minimum Gasteiger partial charge on any atom is -0.0985 e. The number of unbranched alkanes of at least 4 members (excludes halogenated alkanes) is 2. The van der Waals surface area contributed by atoms with Crippen molar-refractivity contribution in [3.8, 4) is 0 Å². The van der Waals surface area contributed by atoms with Gasteiger partial charge in [0, 0.05) is 0 Å². The van der Waals surface area contributed by atoms with Crippen LogP contribution in [0.25, 0.3) is 6.08 Å². The first-order chi connectivity index (χ1) is 7.33. The molecule has 0 amide bonds. The van der Waals surface area contributed by atoms with Crippen LogP contribution in [0.15, 0.2) is 24.8 Å². The molecule has 0 atom stereocenters. The third kappa shape index (κ3) is 3.23. The Kier molecular flexibility index (Phi) is 5.17. The second-order valence-corrected chi connectivity index (χ2v) is 4.00. The van der Waals surface area contributed by atoms with Crippen molar-refractivity contribution in [3.63, 3.8) is 0 Å². The third-order valence-corrected chi connectivity index (χ3v) is 2.94. The maximum Gasteiger partial charge on any atom is -0.0228 e. The topological polar surface area (TPSA) is 0 Å². The van der Waals surface area contributed by atoms with Crippen LogP contribution in [0.5, 0.6) is 0 Å². The molecule has 0 N–H and O–H groups in total. The zero-order chi connectivity index (χ0) is 11.1. The van der Waals surface area contributed by atoms with E-state index < -0.39 is 0 Å². The first kappa shape index (κ1) is 12.0. The van der Waals surface area contributed by atoms with E-state index in [0.29, 0.717) is 0 Å². The van der Waals surface area contributed by atoms with Gasteiger partial charge in [-0.3, -0.25) is 0 Å². The fraction of sp³-hybridized carbons (Fsp3) is 0.467. The van der Waals surface area contributed by atoms with Gasteiger partial charge in [0.25, 0.3) is 0 Å². The number of benzene rings is 1. The van der Waals surface area contributed by atoms with Crippen LogP contribution in [0.1, 0.15) is 49.8 Å². The third-order valence-electron chi connectivity index (χ3n) is 2.94. The highest BCUT2D eigenvalue weighted by Gasteiger charge is 2.04. The summed E-state index contributed by atoms with van der Waals surface area (Å²) >= 11 is 0. The average molecular weight is 202 g/mol. The maximum atomic E-state index is 3.90. The highest BCUT2D eigenvalue weighted by Crippen LogP contribution is 2.19. The van der Waals surface area contributed by atoms with E-state index in [1.54, 1.807) is 0 Å². The van der Waals surface area contributed by atoms with Crippen molar-refractivity contribution < 1.29 is 0 Å². The molecule has 0 aromatic heterocycles. The van der Waals surface area contributed by atoms with E-state index in [-0.39, 0.29) is 0 Å². The van der Waals surface area contributed by atoms with Crippen LogP contribution in [0.4, 0.5) is 0 Å². The van der Waals surface area contributed by atoms with Crippen molar-refractivity contribution in [3.05, 3.63) is 41.5 Å². The summed E-state index contributed by atoms with van der Waals surface area (Å²) in [5.74, 6) is 0. The molecule has 0 saturated heterocycles. The lowest BCUT2D eigenvalue weighted by molar-refractivity contribution is 0.713. The molecular formula is C15H22. The highest BCUT2D eigenvalue weighted by atomic mass is 14.1. The summed E-state index contributed by atoms with van der Waals surface area (Å²) in [4.78, 5) is 0. The molecule has 0 spiro atoms. The molecule has 1 aromatic rings. The van der Waals surface area contributed by atoms with Gasteiger partial charge in [-0.05, 0) is 36.0 Å². The molecular weight excluding hydrogens is 180 g/mol. The minimum absolute atomic E-state index is 1.13. The quantitative estimate of drug-likeness (QED) is 0.590. The number of rotatable bonds is 6. The van der Waals surface area contributed by atoms with Gasteiger partial charge in [0.15, 0.2) is 0 Å². The molecule has 0 saturated carbocycles. The number of hydrogen-bond acceptors (Lipinski definition) is 0. The van der Waals surface area contributed by atoms with Gasteiger partial charge in [-0.15, -0.1) is 0 Å². The summed E-state index contributed by atoms with van der Waals surface area (Å²) in [6.07, 6.45) is 8.24. The first-order valence-electron chi connectivity index (χ1n) is 6.06. The Morgan fingerprint density at radius 1 is 1.20 bits per heavy atom. The predicted octanol–water partition coefficient (Wildman–Crippen LogP) is 4.62. The predicted molar refractivity (Wildman–Crippen MR) is 69.1 cm³/mol. The molecule has 0 heteroatoms. The Morgan fingerprint density at radius 3 is 2.60 bits per heavy atom. The van der Waals surface area contributed by atoms with Crippen LogP contribution in [0.2, 0.25) is 0 Å². The van der Waals surface area contributed by atoms with Gasteiger partial charge in [-0.1, -0.05) is 57.5 Å². The Balaban J connectivity index is 2.85. The van der Waals surface area contributed by atoms with E-state index in [0.717, 1.165) is 6.42 Å². The molecule has 1 rings (SSSR count). The first-order valence-corrected chi connectivity index (χ1v) is 6.06. The van der Waals surface area contributed by atoms with E-state index in [9.17, 15) is 0 Å². The molecule has 0 fully saturated rings. The van der Waals surface area contributed by atoms with E-state index in [4.69, 9.17) is 0 Å². The van der Waals surface area contributed by atoms with Gasteiger partial charge in [0.05, 0.1) is 0 Å². The SMILES string of the molecule is C=Cc1cccc(CC)c1CCCCC. The molecule has 0 aliphatic carbocycles. The molecule has 0 unspecified atom stereocenters. The van der Waals surface area contributed by atoms with Gasteiger partial charge in [0.1, 0.15) is 0 Å². The molecule has 0 nitrogen and oxygen atoms in total. The normalized spacial score (nSPS) is 10.3. The van der Waals surface area contributed by atoms with Crippen LogP contribution >= 0.6 is 0 Å². The van der Waals surface area contributed by atoms with Crippen molar-refractivity contribution in [2.75, 3.05) is 0 Å². The standard InChI is InChI=1S/C15H22/c1-4-7-8-12-15-13(5-2)10-9-11-14(15)6-3/h5,9-11H,2,4,6-8,12H2,1,3H3. The monoisotopic (exact) mass is 202 g/mol. The molecule has 0 radical (unpaired) electrons. The molecule has 15 heavy (non-hydrogen) atoms. The molecule has 0 heterocycles. The molecule has 0 aliphatic rings. The summed E-state index contributed by atoms with van der Waals surface area (Å²) in [6, 6.07) is 6.56. The van der Waals surface area contributed by atoms with Gasteiger partial charge in [0.2, 0.25) is 0 Å². The molecule has 0 bridgehead atoms. The smallest absolute Gasteiger partial charge is 0.0228 e. The molecule has 1 aromatic carbocycles. The number of aryl methyl sites for hydroxylation is 1. The zero-order valence-corrected chi connectivity index (χ0v) is 10.1. The molecule has 82 valence electrons. The average Bonchev–Trinajstić information content (AvgIpc) is 2.29. The highest BCUT2D eigenvalue weighted by molar-refractivity contribution is 5.54. The van der Waals surface area contributed by atoms with Gasteiger partial charge < -0.3 is 0 Å². The Bertz CT molecular complexity index is 310. The van der Waals surface area contributed by atoms with Gasteiger partial charge in [-0.2, -0.15) is 0 Å². The van der Waals surface area contributed by atoms with Gasteiger partial charge in [-0.25, -0.2) is 0 Å². The lowest BCUT2D eigenvalue weighted by Gasteiger charge is -2.11.